The highest BCUT2D eigenvalue weighted by atomic mass is 16.7. The van der Waals surface area contributed by atoms with Crippen LogP contribution in [0.4, 0.5) is 0 Å². The van der Waals surface area contributed by atoms with Crippen LogP contribution in [-0.2, 0) is 0 Å². The van der Waals surface area contributed by atoms with Crippen LogP contribution in [0, 0.1) is 16.0 Å². The fraction of sp³-hybridized carbons (Fsp3) is 0.154. The van der Waals surface area contributed by atoms with Crippen molar-refractivity contribution >= 4 is 5.78 Å². The Morgan fingerprint density at radius 2 is 1.95 bits per heavy atom. The zero-order chi connectivity index (χ0) is 14.0. The maximum atomic E-state index is 12.1. The van der Waals surface area contributed by atoms with E-state index in [1.54, 1.807) is 30.3 Å². The molecule has 6 nitrogen and oxygen atoms in total. The van der Waals surface area contributed by atoms with Gasteiger partial charge in [-0.1, -0.05) is 36.4 Å². The molecular formula is C13H11NO5. The molecule has 0 saturated carbocycles. The minimum absolute atomic E-state index is 0.311. The van der Waals surface area contributed by atoms with Crippen molar-refractivity contribution in [3.05, 3.63) is 70.0 Å². The first-order chi connectivity index (χ1) is 8.95. The van der Waals surface area contributed by atoms with Gasteiger partial charge in [0.25, 0.3) is 0 Å². The number of rotatable bonds is 3. The molecule has 0 radical (unpaired) electrons. The first-order valence-corrected chi connectivity index (χ1v) is 5.52. The molecule has 0 aromatic heterocycles. The fourth-order valence-electron chi connectivity index (χ4n) is 1.78. The molecule has 0 amide bonds. The van der Waals surface area contributed by atoms with Crippen LogP contribution >= 0.6 is 0 Å². The highest BCUT2D eigenvalue weighted by Gasteiger charge is 2.45. The van der Waals surface area contributed by atoms with E-state index in [1.165, 1.54) is 6.08 Å². The normalized spacial score (nSPS) is 25.7. The first kappa shape index (κ1) is 13.0. The fourth-order valence-corrected chi connectivity index (χ4v) is 1.78. The lowest BCUT2D eigenvalue weighted by Gasteiger charge is -2.20. The molecule has 1 aromatic rings. The quantitative estimate of drug-likeness (QED) is 0.282. The highest BCUT2D eigenvalue weighted by Crippen LogP contribution is 2.27. The molecule has 0 saturated heterocycles. The molecule has 1 aromatic carbocycles. The van der Waals surface area contributed by atoms with E-state index in [1.807, 2.05) is 0 Å². The van der Waals surface area contributed by atoms with Crippen LogP contribution < -0.4 is 0 Å². The smallest absolute Gasteiger partial charge is 0.399 e. The number of carbonyl (C=O) groups is 1. The van der Waals surface area contributed by atoms with E-state index in [2.05, 4.69) is 0 Å². The third-order valence-corrected chi connectivity index (χ3v) is 2.89. The molecule has 19 heavy (non-hydrogen) atoms. The molecule has 2 N–H and O–H groups in total. The summed E-state index contributed by atoms with van der Waals surface area (Å²) < 4.78 is 0. The summed E-state index contributed by atoms with van der Waals surface area (Å²) in [5, 5.41) is 29.8. The van der Waals surface area contributed by atoms with Gasteiger partial charge in [-0.3, -0.25) is 14.9 Å². The Kier molecular flexibility index (Phi) is 3.18. The van der Waals surface area contributed by atoms with Gasteiger partial charge >= 0.3 is 5.72 Å². The molecule has 6 heteroatoms. The Morgan fingerprint density at radius 3 is 2.47 bits per heavy atom. The van der Waals surface area contributed by atoms with E-state index < -0.39 is 22.3 Å². The number of nitrogens with zero attached hydrogens (tertiary/aromatic N) is 1. The summed E-state index contributed by atoms with van der Waals surface area (Å²) in [4.78, 5) is 21.7. The van der Waals surface area contributed by atoms with Gasteiger partial charge in [0.15, 0.2) is 5.78 Å². The third kappa shape index (κ3) is 2.25. The molecule has 0 fully saturated rings. The number of ketones is 1. The van der Waals surface area contributed by atoms with Crippen LogP contribution in [-0.4, -0.2) is 26.6 Å². The average Bonchev–Trinajstić information content (AvgIpc) is 2.42. The largest absolute Gasteiger partial charge is 0.504 e. The number of hydrogen-bond acceptors (Lipinski definition) is 5. The van der Waals surface area contributed by atoms with Crippen molar-refractivity contribution in [3.63, 3.8) is 0 Å². The monoisotopic (exact) mass is 261 g/mol. The van der Waals surface area contributed by atoms with Crippen molar-refractivity contribution in [1.29, 1.82) is 0 Å². The molecular weight excluding hydrogens is 250 g/mol. The number of allylic oxidation sites excluding steroid dienone is 2. The highest BCUT2D eigenvalue weighted by molar-refractivity contribution is 6.00. The van der Waals surface area contributed by atoms with E-state index in [0.29, 0.717) is 5.56 Å². The lowest BCUT2D eigenvalue weighted by molar-refractivity contribution is -0.600. The molecule has 1 aliphatic carbocycles. The van der Waals surface area contributed by atoms with Crippen molar-refractivity contribution in [2.45, 2.75) is 5.72 Å². The van der Waals surface area contributed by atoms with E-state index in [4.69, 9.17) is 0 Å². The minimum Gasteiger partial charge on any atom is -0.504 e. The Balaban J connectivity index is 2.28. The average molecular weight is 261 g/mol. The Bertz CT molecular complexity index is 578. The van der Waals surface area contributed by atoms with Crippen LogP contribution in [0.15, 0.2) is 54.3 Å². The summed E-state index contributed by atoms with van der Waals surface area (Å²) in [5.74, 6) is -1.99. The summed E-state index contributed by atoms with van der Waals surface area (Å²) in [6, 6.07) is 8.35. The summed E-state index contributed by atoms with van der Waals surface area (Å²) >= 11 is 0. The molecule has 2 atom stereocenters. The molecule has 0 bridgehead atoms. The van der Waals surface area contributed by atoms with Crippen molar-refractivity contribution in [3.8, 4) is 0 Å². The molecule has 0 aliphatic heterocycles. The Hall–Kier alpha value is -2.47. The van der Waals surface area contributed by atoms with E-state index in [-0.39, 0.29) is 5.78 Å². The lowest BCUT2D eigenvalue weighted by Crippen LogP contribution is -2.40. The van der Waals surface area contributed by atoms with Gasteiger partial charge in [0.1, 0.15) is 0 Å². The number of carbonyl (C=O) groups excluding carboxylic acids is 1. The first-order valence-electron chi connectivity index (χ1n) is 5.52. The standard InChI is InChI=1S/C13H11NO5/c15-11-8-10(6-7-13(11,17)14(18)19)12(16)9-4-2-1-3-5-9/h1-8,10,15,17H. The van der Waals surface area contributed by atoms with Crippen LogP contribution in [0.3, 0.4) is 0 Å². The van der Waals surface area contributed by atoms with Gasteiger partial charge in [-0.2, -0.15) is 0 Å². The zero-order valence-electron chi connectivity index (χ0n) is 9.76. The maximum Gasteiger partial charge on any atom is 0.399 e. The van der Waals surface area contributed by atoms with Crippen LogP contribution in [0.5, 0.6) is 0 Å². The van der Waals surface area contributed by atoms with Crippen molar-refractivity contribution in [1.82, 2.24) is 0 Å². The molecule has 2 rings (SSSR count). The number of benzene rings is 1. The maximum absolute atomic E-state index is 12.1. The molecule has 2 unspecified atom stereocenters. The van der Waals surface area contributed by atoms with Crippen molar-refractivity contribution in [2.24, 2.45) is 5.92 Å². The SMILES string of the molecule is O=C(c1ccccc1)C1C=CC(O)([N+](=O)[O-])C(O)=C1. The van der Waals surface area contributed by atoms with Crippen LogP contribution in [0.2, 0.25) is 0 Å². The third-order valence-electron chi connectivity index (χ3n) is 2.89. The second-order valence-corrected chi connectivity index (χ2v) is 4.15. The zero-order valence-corrected chi connectivity index (χ0v) is 9.76. The van der Waals surface area contributed by atoms with Gasteiger partial charge in [0.2, 0.25) is 5.76 Å². The van der Waals surface area contributed by atoms with Gasteiger partial charge in [-0.05, 0) is 6.08 Å². The Labute approximate surface area is 108 Å². The minimum atomic E-state index is -2.65. The number of aliphatic hydroxyl groups is 2. The Morgan fingerprint density at radius 1 is 1.32 bits per heavy atom. The molecule has 0 spiro atoms. The predicted octanol–water partition coefficient (Wildman–Crippen LogP) is 1.46. The van der Waals surface area contributed by atoms with E-state index >= 15 is 0 Å². The predicted molar refractivity (Wildman–Crippen MR) is 66.1 cm³/mol. The number of Topliss-reactive ketones (excluding diaryl/α,β-unsaturated/α-hetero) is 1. The van der Waals surface area contributed by atoms with Gasteiger partial charge in [0, 0.05) is 11.6 Å². The summed E-state index contributed by atoms with van der Waals surface area (Å²) in [6.45, 7) is 0. The summed E-state index contributed by atoms with van der Waals surface area (Å²) in [5.41, 5.74) is -2.22. The van der Waals surface area contributed by atoms with E-state index in [0.717, 1.165) is 12.2 Å². The van der Waals surface area contributed by atoms with E-state index in [9.17, 15) is 25.1 Å². The van der Waals surface area contributed by atoms with Gasteiger partial charge < -0.3 is 10.2 Å². The van der Waals surface area contributed by atoms with Gasteiger partial charge in [0.05, 0.1) is 10.8 Å². The molecule has 1 aliphatic rings. The number of hydrogen-bond donors (Lipinski definition) is 2. The summed E-state index contributed by atoms with van der Waals surface area (Å²) in [7, 11) is 0. The summed E-state index contributed by atoms with van der Waals surface area (Å²) in [6.07, 6.45) is 3.00. The topological polar surface area (TPSA) is 101 Å². The second kappa shape index (κ2) is 4.66. The lowest BCUT2D eigenvalue weighted by atomic mass is 9.90. The molecule has 98 valence electrons. The van der Waals surface area contributed by atoms with Gasteiger partial charge in [-0.15, -0.1) is 0 Å². The van der Waals surface area contributed by atoms with Crippen molar-refractivity contribution < 1.29 is 19.9 Å². The molecule has 0 heterocycles. The number of nitro groups is 1. The second-order valence-electron chi connectivity index (χ2n) is 4.15. The van der Waals surface area contributed by atoms with Crippen LogP contribution in [0.1, 0.15) is 10.4 Å². The van der Waals surface area contributed by atoms with Crippen molar-refractivity contribution in [2.75, 3.05) is 0 Å². The number of aliphatic hydroxyl groups excluding tert-OH is 1. The van der Waals surface area contributed by atoms with Gasteiger partial charge in [-0.25, -0.2) is 0 Å². The van der Waals surface area contributed by atoms with Crippen LogP contribution in [0.25, 0.3) is 0 Å².